The summed E-state index contributed by atoms with van der Waals surface area (Å²) in [5, 5.41) is 9.29. The third kappa shape index (κ3) is 5.15. The third-order valence-corrected chi connectivity index (χ3v) is 1.84. The first-order chi connectivity index (χ1) is 4.04. The van der Waals surface area contributed by atoms with E-state index in [9.17, 15) is 5.11 Å². The molecule has 56 valence electrons. The summed E-state index contributed by atoms with van der Waals surface area (Å²) in [5.74, 6) is 0.405. The van der Waals surface area contributed by atoms with Crippen molar-refractivity contribution in [2.45, 2.75) is 37.2 Å². The molecule has 0 heterocycles. The summed E-state index contributed by atoms with van der Waals surface area (Å²) in [6.45, 7) is 6.21. The molecule has 1 nitrogen and oxygen atoms in total. The van der Waals surface area contributed by atoms with Crippen LogP contribution in [-0.4, -0.2) is 15.1 Å². The highest BCUT2D eigenvalue weighted by Gasteiger charge is 2.10. The Morgan fingerprint density at radius 3 is 1.89 bits per heavy atom. The quantitative estimate of drug-likeness (QED) is 0.594. The van der Waals surface area contributed by atoms with Crippen molar-refractivity contribution in [2.24, 2.45) is 5.92 Å². The van der Waals surface area contributed by atoms with Crippen molar-refractivity contribution in [3.8, 4) is 0 Å². The van der Waals surface area contributed by atoms with Gasteiger partial charge in [-0.1, -0.05) is 43.4 Å². The number of alkyl halides is 1. The zero-order valence-electron chi connectivity index (χ0n) is 6.26. The highest BCUT2D eigenvalue weighted by molar-refractivity contribution is 14.1. The number of rotatable bonds is 3. The van der Waals surface area contributed by atoms with E-state index >= 15 is 0 Å². The molecule has 0 aromatic heterocycles. The summed E-state index contributed by atoms with van der Waals surface area (Å²) in [6, 6.07) is 0. The normalized spacial score (nSPS) is 18.0. The standard InChI is InChI=1S/C7H15IO/c1-5(2)7(9)4-6(3)8/h5-7,9H,4H2,1-3H3/t6-,7+/m0/s1. The van der Waals surface area contributed by atoms with Gasteiger partial charge in [-0.3, -0.25) is 0 Å². The van der Waals surface area contributed by atoms with Crippen molar-refractivity contribution in [3.63, 3.8) is 0 Å². The van der Waals surface area contributed by atoms with Crippen LogP contribution < -0.4 is 0 Å². The maximum atomic E-state index is 9.29. The zero-order valence-corrected chi connectivity index (χ0v) is 8.42. The smallest absolute Gasteiger partial charge is 0.0573 e. The Kier molecular flexibility index (Phi) is 4.84. The van der Waals surface area contributed by atoms with E-state index in [0.717, 1.165) is 6.42 Å². The van der Waals surface area contributed by atoms with Crippen LogP contribution in [0.15, 0.2) is 0 Å². The second-order valence-electron chi connectivity index (χ2n) is 2.83. The molecule has 0 saturated carbocycles. The molecule has 0 spiro atoms. The first-order valence-electron chi connectivity index (χ1n) is 3.36. The van der Waals surface area contributed by atoms with E-state index in [0.29, 0.717) is 9.84 Å². The Bertz CT molecular complexity index is 71.3. The van der Waals surface area contributed by atoms with E-state index in [1.165, 1.54) is 0 Å². The molecule has 0 aliphatic heterocycles. The number of hydrogen-bond donors (Lipinski definition) is 1. The first kappa shape index (κ1) is 9.69. The number of aliphatic hydroxyl groups is 1. The highest BCUT2D eigenvalue weighted by Crippen LogP contribution is 2.13. The maximum absolute atomic E-state index is 9.29. The van der Waals surface area contributed by atoms with Gasteiger partial charge in [-0.05, 0) is 12.3 Å². The largest absolute Gasteiger partial charge is 0.393 e. The van der Waals surface area contributed by atoms with Crippen LogP contribution in [0.5, 0.6) is 0 Å². The molecule has 1 N–H and O–H groups in total. The SMILES string of the molecule is CC(C)[C@H](O)C[C@H](C)I. The molecule has 0 bridgehead atoms. The molecular weight excluding hydrogens is 227 g/mol. The molecule has 2 heteroatoms. The summed E-state index contributed by atoms with van der Waals surface area (Å²) in [6.07, 6.45) is 0.801. The third-order valence-electron chi connectivity index (χ3n) is 1.34. The van der Waals surface area contributed by atoms with E-state index in [2.05, 4.69) is 29.5 Å². The number of halogens is 1. The number of aliphatic hydroxyl groups excluding tert-OH is 1. The minimum atomic E-state index is -0.114. The van der Waals surface area contributed by atoms with Gasteiger partial charge in [0.15, 0.2) is 0 Å². The van der Waals surface area contributed by atoms with E-state index in [1.54, 1.807) is 0 Å². The van der Waals surface area contributed by atoms with Crippen LogP contribution in [0.1, 0.15) is 27.2 Å². The molecule has 0 aromatic rings. The van der Waals surface area contributed by atoms with Crippen LogP contribution in [0.4, 0.5) is 0 Å². The van der Waals surface area contributed by atoms with Crippen LogP contribution in [-0.2, 0) is 0 Å². The van der Waals surface area contributed by atoms with E-state index in [4.69, 9.17) is 0 Å². The number of hydrogen-bond acceptors (Lipinski definition) is 1. The fourth-order valence-corrected chi connectivity index (χ4v) is 1.13. The lowest BCUT2D eigenvalue weighted by molar-refractivity contribution is 0.118. The van der Waals surface area contributed by atoms with Gasteiger partial charge in [-0.15, -0.1) is 0 Å². The van der Waals surface area contributed by atoms with E-state index in [-0.39, 0.29) is 6.10 Å². The molecule has 0 fully saturated rings. The Morgan fingerprint density at radius 1 is 1.33 bits per heavy atom. The predicted molar refractivity (Wildman–Crippen MR) is 48.9 cm³/mol. The van der Waals surface area contributed by atoms with Gasteiger partial charge in [-0.2, -0.15) is 0 Å². The topological polar surface area (TPSA) is 20.2 Å². The molecule has 0 amide bonds. The van der Waals surface area contributed by atoms with Gasteiger partial charge in [0.25, 0.3) is 0 Å². The van der Waals surface area contributed by atoms with Crippen LogP contribution in [0, 0.1) is 5.92 Å². The Labute approximate surface area is 71.0 Å². The Balaban J connectivity index is 3.38. The van der Waals surface area contributed by atoms with Crippen molar-refractivity contribution in [1.29, 1.82) is 0 Å². The van der Waals surface area contributed by atoms with Crippen LogP contribution in [0.2, 0.25) is 0 Å². The van der Waals surface area contributed by atoms with Crippen LogP contribution >= 0.6 is 22.6 Å². The van der Waals surface area contributed by atoms with Crippen molar-refractivity contribution in [2.75, 3.05) is 0 Å². The Morgan fingerprint density at radius 2 is 1.78 bits per heavy atom. The van der Waals surface area contributed by atoms with Gasteiger partial charge < -0.3 is 5.11 Å². The monoisotopic (exact) mass is 242 g/mol. The van der Waals surface area contributed by atoms with Gasteiger partial charge in [0, 0.05) is 3.92 Å². The van der Waals surface area contributed by atoms with Gasteiger partial charge in [0.1, 0.15) is 0 Å². The summed E-state index contributed by atoms with van der Waals surface area (Å²) in [5.41, 5.74) is 0. The summed E-state index contributed by atoms with van der Waals surface area (Å²) in [4.78, 5) is 0. The minimum absolute atomic E-state index is 0.114. The molecule has 0 unspecified atom stereocenters. The van der Waals surface area contributed by atoms with Crippen LogP contribution in [0.25, 0.3) is 0 Å². The summed E-state index contributed by atoms with van der Waals surface area (Å²) in [7, 11) is 0. The van der Waals surface area contributed by atoms with Crippen molar-refractivity contribution in [1.82, 2.24) is 0 Å². The molecule has 0 aliphatic rings. The van der Waals surface area contributed by atoms with Crippen LogP contribution in [0.3, 0.4) is 0 Å². The van der Waals surface area contributed by atoms with Gasteiger partial charge >= 0.3 is 0 Å². The molecule has 9 heavy (non-hydrogen) atoms. The lowest BCUT2D eigenvalue weighted by atomic mass is 10.0. The lowest BCUT2D eigenvalue weighted by Gasteiger charge is -2.14. The molecule has 0 aromatic carbocycles. The molecule has 0 aliphatic carbocycles. The van der Waals surface area contributed by atoms with Crippen molar-refractivity contribution < 1.29 is 5.11 Å². The molecule has 0 saturated heterocycles. The maximum Gasteiger partial charge on any atom is 0.0573 e. The first-order valence-corrected chi connectivity index (χ1v) is 4.60. The minimum Gasteiger partial charge on any atom is -0.393 e. The van der Waals surface area contributed by atoms with E-state index in [1.807, 2.05) is 13.8 Å². The molecule has 0 rings (SSSR count). The average molecular weight is 242 g/mol. The highest BCUT2D eigenvalue weighted by atomic mass is 127. The summed E-state index contributed by atoms with van der Waals surface area (Å²) >= 11 is 2.33. The summed E-state index contributed by atoms with van der Waals surface area (Å²) < 4.78 is 0.583. The molecule has 0 radical (unpaired) electrons. The lowest BCUT2D eigenvalue weighted by Crippen LogP contribution is -2.17. The fraction of sp³-hybridized carbons (Fsp3) is 1.00. The van der Waals surface area contributed by atoms with Gasteiger partial charge in [0.2, 0.25) is 0 Å². The second-order valence-corrected chi connectivity index (χ2v) is 4.95. The predicted octanol–water partition coefficient (Wildman–Crippen LogP) is 2.22. The van der Waals surface area contributed by atoms with Crippen molar-refractivity contribution >= 4 is 22.6 Å². The molecular formula is C7H15IO. The van der Waals surface area contributed by atoms with Gasteiger partial charge in [0.05, 0.1) is 6.10 Å². The Hall–Kier alpha value is 0.690. The molecule has 2 atom stereocenters. The van der Waals surface area contributed by atoms with E-state index < -0.39 is 0 Å². The van der Waals surface area contributed by atoms with Gasteiger partial charge in [-0.25, -0.2) is 0 Å². The fourth-order valence-electron chi connectivity index (χ4n) is 0.605. The van der Waals surface area contributed by atoms with Crippen molar-refractivity contribution in [3.05, 3.63) is 0 Å². The second kappa shape index (κ2) is 4.50. The average Bonchev–Trinajstić information content (AvgIpc) is 1.63. The zero-order chi connectivity index (χ0) is 7.44.